The molecular formula is C52H42N2. The van der Waals surface area contributed by atoms with Gasteiger partial charge in [-0.1, -0.05) is 128 Å². The summed E-state index contributed by atoms with van der Waals surface area (Å²) in [6.07, 6.45) is 0. The first-order valence-corrected chi connectivity index (χ1v) is 19.0. The molecule has 0 unspecified atom stereocenters. The molecule has 0 atom stereocenters. The van der Waals surface area contributed by atoms with E-state index in [0.29, 0.717) is 0 Å². The summed E-state index contributed by atoms with van der Waals surface area (Å²) in [6.45, 7) is 11.3. The third kappa shape index (κ3) is 4.94. The van der Waals surface area contributed by atoms with E-state index in [1.165, 1.54) is 88.3 Å². The summed E-state index contributed by atoms with van der Waals surface area (Å²) in [7, 11) is 0. The molecule has 0 spiro atoms. The number of hydrogen-bond donors (Lipinski definition) is 0. The fraction of sp³-hybridized carbons (Fsp3) is 0.115. The molecule has 0 aliphatic heterocycles. The summed E-state index contributed by atoms with van der Waals surface area (Å²) in [4.78, 5) is 2.40. The maximum atomic E-state index is 2.51. The van der Waals surface area contributed by atoms with Crippen molar-refractivity contribution < 1.29 is 0 Å². The highest BCUT2D eigenvalue weighted by Crippen LogP contribution is 2.54. The van der Waals surface area contributed by atoms with Gasteiger partial charge < -0.3 is 9.47 Å². The Balaban J connectivity index is 1.16. The minimum atomic E-state index is -0.235. The second kappa shape index (κ2) is 12.1. The molecule has 2 nitrogen and oxygen atoms in total. The van der Waals surface area contributed by atoms with Crippen molar-refractivity contribution in [2.45, 2.75) is 40.0 Å². The summed E-state index contributed by atoms with van der Waals surface area (Å²) in [6, 6.07) is 60.9. The lowest BCUT2D eigenvalue weighted by atomic mass is 9.81. The Morgan fingerprint density at radius 1 is 0.426 bits per heavy atom. The summed E-state index contributed by atoms with van der Waals surface area (Å²) in [5.41, 5.74) is 18.6. The van der Waals surface area contributed by atoms with Crippen LogP contribution in [0.15, 0.2) is 164 Å². The van der Waals surface area contributed by atoms with Crippen molar-refractivity contribution in [2.75, 3.05) is 4.90 Å². The molecule has 1 heterocycles. The van der Waals surface area contributed by atoms with Crippen molar-refractivity contribution in [1.29, 1.82) is 0 Å². The third-order valence-electron chi connectivity index (χ3n) is 11.7. The Bertz CT molecular complexity index is 2850. The monoisotopic (exact) mass is 694 g/mol. The molecule has 0 saturated carbocycles. The van der Waals surface area contributed by atoms with Gasteiger partial charge in [-0.15, -0.1) is 0 Å². The van der Waals surface area contributed by atoms with Gasteiger partial charge in [0.05, 0.1) is 16.7 Å². The smallest absolute Gasteiger partial charge is 0.0544 e. The Morgan fingerprint density at radius 3 is 1.61 bits per heavy atom. The zero-order chi connectivity index (χ0) is 36.7. The van der Waals surface area contributed by atoms with Crippen molar-refractivity contribution in [2.24, 2.45) is 0 Å². The molecule has 1 aliphatic carbocycles. The van der Waals surface area contributed by atoms with E-state index in [-0.39, 0.29) is 5.41 Å². The number of rotatable bonds is 5. The quantitative estimate of drug-likeness (QED) is 0.174. The van der Waals surface area contributed by atoms with Gasteiger partial charge in [0.25, 0.3) is 0 Å². The van der Waals surface area contributed by atoms with Crippen molar-refractivity contribution in [3.63, 3.8) is 0 Å². The average molecular weight is 695 g/mol. The summed E-state index contributed by atoms with van der Waals surface area (Å²) >= 11 is 0. The van der Waals surface area contributed by atoms with Gasteiger partial charge in [-0.05, 0) is 126 Å². The number of hydrogen-bond acceptors (Lipinski definition) is 1. The normalized spacial score (nSPS) is 13.1. The van der Waals surface area contributed by atoms with E-state index in [4.69, 9.17) is 0 Å². The molecule has 0 fully saturated rings. The SMILES string of the molecule is Cc1ccc(N(c2ccc(-c3ccccc3)cc2)c2ccc3c(c2)C(C)(C)c2cc(-n4c5ccc(C)cc5c5cc(C)ccc54)c4ccccc4c2-3)cc1. The second-order valence-corrected chi connectivity index (χ2v) is 15.7. The van der Waals surface area contributed by atoms with E-state index in [1.54, 1.807) is 0 Å². The molecule has 8 aromatic carbocycles. The molecule has 0 bridgehead atoms. The first-order chi connectivity index (χ1) is 26.3. The molecule has 1 aromatic heterocycles. The van der Waals surface area contributed by atoms with E-state index >= 15 is 0 Å². The van der Waals surface area contributed by atoms with Crippen molar-refractivity contribution in [3.8, 4) is 27.9 Å². The number of aryl methyl sites for hydroxylation is 3. The van der Waals surface area contributed by atoms with Crippen LogP contribution in [0.3, 0.4) is 0 Å². The van der Waals surface area contributed by atoms with Crippen LogP contribution in [-0.2, 0) is 5.41 Å². The highest BCUT2D eigenvalue weighted by atomic mass is 15.1. The molecule has 10 rings (SSSR count). The maximum Gasteiger partial charge on any atom is 0.0544 e. The number of nitrogens with zero attached hydrogens (tertiary/aromatic N) is 2. The molecule has 9 aromatic rings. The number of anilines is 3. The van der Waals surface area contributed by atoms with Gasteiger partial charge in [-0.25, -0.2) is 0 Å². The van der Waals surface area contributed by atoms with Crippen molar-refractivity contribution >= 4 is 49.6 Å². The number of benzene rings is 8. The Hall–Kier alpha value is -6.38. The van der Waals surface area contributed by atoms with Gasteiger partial charge in [-0.2, -0.15) is 0 Å². The Kier molecular flexibility index (Phi) is 7.22. The lowest BCUT2D eigenvalue weighted by Gasteiger charge is -2.28. The van der Waals surface area contributed by atoms with Crippen LogP contribution in [0.25, 0.3) is 60.5 Å². The highest BCUT2D eigenvalue weighted by molar-refractivity contribution is 6.13. The first-order valence-electron chi connectivity index (χ1n) is 19.0. The third-order valence-corrected chi connectivity index (χ3v) is 11.7. The minimum absolute atomic E-state index is 0.235. The van der Waals surface area contributed by atoms with Crippen LogP contribution in [0.5, 0.6) is 0 Å². The van der Waals surface area contributed by atoms with E-state index in [9.17, 15) is 0 Å². The zero-order valence-corrected chi connectivity index (χ0v) is 31.5. The molecule has 2 heteroatoms. The van der Waals surface area contributed by atoms with Gasteiger partial charge >= 0.3 is 0 Å². The van der Waals surface area contributed by atoms with Gasteiger partial charge in [0.15, 0.2) is 0 Å². The summed E-state index contributed by atoms with van der Waals surface area (Å²) in [5.74, 6) is 0. The van der Waals surface area contributed by atoms with Crippen LogP contribution >= 0.6 is 0 Å². The maximum absolute atomic E-state index is 2.51. The van der Waals surface area contributed by atoms with Crippen LogP contribution in [0.2, 0.25) is 0 Å². The predicted octanol–water partition coefficient (Wildman–Crippen LogP) is 14.3. The van der Waals surface area contributed by atoms with E-state index < -0.39 is 0 Å². The molecule has 0 N–H and O–H groups in total. The lowest BCUT2D eigenvalue weighted by Crippen LogP contribution is -2.17. The largest absolute Gasteiger partial charge is 0.310 e. The van der Waals surface area contributed by atoms with E-state index in [0.717, 1.165) is 17.1 Å². The lowest BCUT2D eigenvalue weighted by molar-refractivity contribution is 0.660. The fourth-order valence-electron chi connectivity index (χ4n) is 8.96. The zero-order valence-electron chi connectivity index (χ0n) is 31.5. The summed E-state index contributed by atoms with van der Waals surface area (Å²) in [5, 5.41) is 5.17. The van der Waals surface area contributed by atoms with E-state index in [1.807, 2.05) is 0 Å². The molecule has 0 saturated heterocycles. The van der Waals surface area contributed by atoms with Crippen LogP contribution in [0.1, 0.15) is 41.7 Å². The molecule has 54 heavy (non-hydrogen) atoms. The molecule has 1 aliphatic rings. The van der Waals surface area contributed by atoms with Gasteiger partial charge in [0.2, 0.25) is 0 Å². The minimum Gasteiger partial charge on any atom is -0.310 e. The van der Waals surface area contributed by atoms with Gasteiger partial charge in [0, 0.05) is 38.6 Å². The Morgan fingerprint density at radius 2 is 0.963 bits per heavy atom. The van der Waals surface area contributed by atoms with Crippen molar-refractivity contribution in [1.82, 2.24) is 4.57 Å². The average Bonchev–Trinajstić information content (AvgIpc) is 3.62. The Labute approximate surface area is 317 Å². The van der Waals surface area contributed by atoms with Gasteiger partial charge in [-0.3, -0.25) is 0 Å². The second-order valence-electron chi connectivity index (χ2n) is 15.7. The summed E-state index contributed by atoms with van der Waals surface area (Å²) < 4.78 is 2.51. The van der Waals surface area contributed by atoms with Crippen LogP contribution in [0.4, 0.5) is 17.1 Å². The van der Waals surface area contributed by atoms with Crippen LogP contribution < -0.4 is 4.90 Å². The predicted molar refractivity (Wildman–Crippen MR) is 230 cm³/mol. The molecule has 260 valence electrons. The van der Waals surface area contributed by atoms with Gasteiger partial charge in [0.1, 0.15) is 0 Å². The van der Waals surface area contributed by atoms with Crippen LogP contribution in [-0.4, -0.2) is 4.57 Å². The standard InChI is InChI=1S/C52H42N2/c1-33-15-21-38(22-16-33)53(39-23-19-37(20-24-39)36-11-7-6-8-12-36)40-25-26-43-46(31-40)52(4,5)47-32-50(41-13-9-10-14-42(41)51(43)47)54-48-27-17-34(2)29-44(48)45-30-35(3)18-28-49(45)54/h6-32H,1-5H3. The van der Waals surface area contributed by atoms with Crippen LogP contribution in [0, 0.1) is 20.8 Å². The molecule has 0 radical (unpaired) electrons. The van der Waals surface area contributed by atoms with E-state index in [2.05, 4.69) is 208 Å². The highest BCUT2D eigenvalue weighted by Gasteiger charge is 2.38. The molecule has 0 amide bonds. The number of fused-ring (bicyclic) bond motifs is 8. The molecular weight excluding hydrogens is 653 g/mol. The van der Waals surface area contributed by atoms with Crippen molar-refractivity contribution in [3.05, 3.63) is 192 Å². The number of aromatic nitrogens is 1. The fourth-order valence-corrected chi connectivity index (χ4v) is 8.96. The first kappa shape index (κ1) is 32.3. The topological polar surface area (TPSA) is 8.17 Å².